The summed E-state index contributed by atoms with van der Waals surface area (Å²) in [5, 5.41) is 1.35. The number of hydrogen-bond donors (Lipinski definition) is 0. The molecule has 1 aromatic rings. The number of epoxide rings is 1. The molecule has 1 aliphatic heterocycles. The normalized spacial score (nSPS) is 21.4. The van der Waals surface area contributed by atoms with Crippen LogP contribution in [0.2, 0.25) is 13.1 Å². The summed E-state index contributed by atoms with van der Waals surface area (Å²) < 4.78 is 11.8. The molecule has 1 aliphatic rings. The van der Waals surface area contributed by atoms with Gasteiger partial charge in [0.2, 0.25) is 8.32 Å². The maximum Gasteiger partial charge on any atom is 0.218 e. The summed E-state index contributed by atoms with van der Waals surface area (Å²) in [7, 11) is -1.77. The average Bonchev–Trinajstić information content (AvgIpc) is 3.05. The molecule has 0 amide bonds. The van der Waals surface area contributed by atoms with Gasteiger partial charge in [-0.3, -0.25) is 0 Å². The lowest BCUT2D eigenvalue weighted by molar-refractivity contribution is 0.320. The summed E-state index contributed by atoms with van der Waals surface area (Å²) in [5.74, 6) is 0. The van der Waals surface area contributed by atoms with Gasteiger partial charge in [-0.25, -0.2) is 0 Å². The Kier molecular flexibility index (Phi) is 5.07. The van der Waals surface area contributed by atoms with Gasteiger partial charge in [0, 0.05) is 0 Å². The molecule has 0 radical (unpaired) electrons. The standard InChI is InChI=1S/C18H28O2Si/c1-15(11-12-17-18(2,3)20-17)13-14-19-21(4,5)16-9-7-6-8-10-16/h6-10,13,17H,11-12,14H2,1-5H3/b15-13+. The molecule has 0 saturated carbocycles. The van der Waals surface area contributed by atoms with Crippen LogP contribution in [-0.2, 0) is 9.16 Å². The third kappa shape index (κ3) is 4.80. The second-order valence-electron chi connectivity index (χ2n) is 6.99. The molecule has 1 unspecified atom stereocenters. The van der Waals surface area contributed by atoms with Crippen molar-refractivity contribution >= 4 is 13.5 Å². The van der Waals surface area contributed by atoms with Gasteiger partial charge < -0.3 is 9.16 Å². The van der Waals surface area contributed by atoms with E-state index in [-0.39, 0.29) is 5.60 Å². The third-order valence-electron chi connectivity index (χ3n) is 4.31. The molecule has 1 heterocycles. The van der Waals surface area contributed by atoms with Crippen LogP contribution in [0, 0.1) is 0 Å². The van der Waals surface area contributed by atoms with Crippen molar-refractivity contribution in [1.29, 1.82) is 0 Å². The van der Waals surface area contributed by atoms with E-state index in [4.69, 9.17) is 9.16 Å². The number of ether oxygens (including phenoxy) is 1. The number of benzene rings is 1. The van der Waals surface area contributed by atoms with Crippen LogP contribution in [0.4, 0.5) is 0 Å². The predicted octanol–water partition coefficient (Wildman–Crippen LogP) is 4.02. The van der Waals surface area contributed by atoms with Crippen molar-refractivity contribution in [3.05, 3.63) is 42.0 Å². The van der Waals surface area contributed by atoms with Gasteiger partial charge in [0.05, 0.1) is 18.3 Å². The highest BCUT2D eigenvalue weighted by Gasteiger charge is 2.46. The molecule has 0 aromatic heterocycles. The smallest absolute Gasteiger partial charge is 0.218 e. The van der Waals surface area contributed by atoms with Gasteiger partial charge in [-0.2, -0.15) is 0 Å². The highest BCUT2D eigenvalue weighted by Crippen LogP contribution is 2.38. The first-order valence-corrected chi connectivity index (χ1v) is 10.7. The molecule has 1 atom stereocenters. The molecule has 1 aromatic carbocycles. The van der Waals surface area contributed by atoms with Gasteiger partial charge in [0.15, 0.2) is 0 Å². The van der Waals surface area contributed by atoms with Crippen LogP contribution in [0.1, 0.15) is 33.6 Å². The monoisotopic (exact) mass is 304 g/mol. The van der Waals surface area contributed by atoms with E-state index in [0.717, 1.165) is 19.4 Å². The Hall–Kier alpha value is -0.903. The molecule has 0 bridgehead atoms. The minimum atomic E-state index is -1.77. The van der Waals surface area contributed by atoms with E-state index in [0.29, 0.717) is 6.10 Å². The van der Waals surface area contributed by atoms with E-state index in [1.165, 1.54) is 10.8 Å². The van der Waals surface area contributed by atoms with Crippen molar-refractivity contribution in [2.45, 2.75) is 58.4 Å². The van der Waals surface area contributed by atoms with Gasteiger partial charge in [-0.1, -0.05) is 42.0 Å². The third-order valence-corrected chi connectivity index (χ3v) is 6.92. The van der Waals surface area contributed by atoms with Crippen molar-refractivity contribution in [2.24, 2.45) is 0 Å². The van der Waals surface area contributed by atoms with E-state index in [9.17, 15) is 0 Å². The Morgan fingerprint density at radius 3 is 2.48 bits per heavy atom. The van der Waals surface area contributed by atoms with Gasteiger partial charge in [0.1, 0.15) is 0 Å². The lowest BCUT2D eigenvalue weighted by atomic mass is 10.0. The van der Waals surface area contributed by atoms with Crippen LogP contribution in [0.3, 0.4) is 0 Å². The van der Waals surface area contributed by atoms with Gasteiger partial charge >= 0.3 is 0 Å². The molecular weight excluding hydrogens is 276 g/mol. The van der Waals surface area contributed by atoms with Crippen LogP contribution in [-0.4, -0.2) is 26.6 Å². The summed E-state index contributed by atoms with van der Waals surface area (Å²) in [6, 6.07) is 10.6. The summed E-state index contributed by atoms with van der Waals surface area (Å²) in [4.78, 5) is 0. The van der Waals surface area contributed by atoms with E-state index in [1.54, 1.807) is 0 Å². The fourth-order valence-electron chi connectivity index (χ4n) is 2.52. The van der Waals surface area contributed by atoms with E-state index >= 15 is 0 Å². The Labute approximate surface area is 130 Å². The first-order chi connectivity index (χ1) is 9.81. The van der Waals surface area contributed by atoms with Crippen LogP contribution >= 0.6 is 0 Å². The molecule has 0 spiro atoms. The first-order valence-electron chi connectivity index (χ1n) is 7.84. The molecule has 0 N–H and O–H groups in total. The Bertz CT molecular complexity index is 491. The average molecular weight is 305 g/mol. The molecule has 1 saturated heterocycles. The fraction of sp³-hybridized carbons (Fsp3) is 0.556. The fourth-order valence-corrected chi connectivity index (χ4v) is 4.18. The number of hydrogen-bond acceptors (Lipinski definition) is 2. The number of allylic oxidation sites excluding steroid dienone is 1. The van der Waals surface area contributed by atoms with Crippen LogP contribution < -0.4 is 5.19 Å². The van der Waals surface area contributed by atoms with E-state index in [1.807, 2.05) is 0 Å². The quantitative estimate of drug-likeness (QED) is 0.431. The summed E-state index contributed by atoms with van der Waals surface area (Å²) >= 11 is 0. The van der Waals surface area contributed by atoms with Gasteiger partial charge in [-0.05, 0) is 51.9 Å². The Morgan fingerprint density at radius 1 is 1.29 bits per heavy atom. The van der Waals surface area contributed by atoms with E-state index < -0.39 is 8.32 Å². The van der Waals surface area contributed by atoms with Gasteiger partial charge in [-0.15, -0.1) is 0 Å². The largest absolute Gasteiger partial charge is 0.409 e. The summed E-state index contributed by atoms with van der Waals surface area (Å²) in [6.45, 7) is 11.7. The van der Waals surface area contributed by atoms with Crippen molar-refractivity contribution in [3.63, 3.8) is 0 Å². The topological polar surface area (TPSA) is 21.8 Å². The maximum absolute atomic E-state index is 6.18. The summed E-state index contributed by atoms with van der Waals surface area (Å²) in [5.41, 5.74) is 1.51. The lowest BCUT2D eigenvalue weighted by Crippen LogP contribution is -2.44. The van der Waals surface area contributed by atoms with Crippen LogP contribution in [0.25, 0.3) is 0 Å². The molecule has 116 valence electrons. The lowest BCUT2D eigenvalue weighted by Gasteiger charge is -2.22. The highest BCUT2D eigenvalue weighted by atomic mass is 28.4. The molecule has 21 heavy (non-hydrogen) atoms. The molecule has 2 nitrogen and oxygen atoms in total. The first kappa shape index (κ1) is 16.5. The SMILES string of the molecule is C/C(=C\CO[Si](C)(C)c1ccccc1)CCC1OC1(C)C. The predicted molar refractivity (Wildman–Crippen MR) is 91.5 cm³/mol. The van der Waals surface area contributed by atoms with E-state index in [2.05, 4.69) is 70.3 Å². The minimum Gasteiger partial charge on any atom is -0.409 e. The van der Waals surface area contributed by atoms with Crippen LogP contribution in [0.5, 0.6) is 0 Å². The van der Waals surface area contributed by atoms with Crippen molar-refractivity contribution < 1.29 is 9.16 Å². The zero-order valence-corrected chi connectivity index (χ0v) is 15.0. The molecular formula is C18H28O2Si. The zero-order chi connectivity index (χ0) is 15.5. The zero-order valence-electron chi connectivity index (χ0n) is 14.0. The second-order valence-corrected chi connectivity index (χ2v) is 10.9. The molecule has 0 aliphatic carbocycles. The Morgan fingerprint density at radius 2 is 1.90 bits per heavy atom. The Balaban J connectivity index is 1.76. The second kappa shape index (κ2) is 6.47. The van der Waals surface area contributed by atoms with Crippen molar-refractivity contribution in [2.75, 3.05) is 6.61 Å². The number of rotatable bonds is 7. The van der Waals surface area contributed by atoms with Crippen LogP contribution in [0.15, 0.2) is 42.0 Å². The summed E-state index contributed by atoms with van der Waals surface area (Å²) in [6.07, 6.45) is 4.89. The van der Waals surface area contributed by atoms with Crippen molar-refractivity contribution in [1.82, 2.24) is 0 Å². The van der Waals surface area contributed by atoms with Gasteiger partial charge in [0.25, 0.3) is 0 Å². The highest BCUT2D eigenvalue weighted by molar-refractivity contribution is 6.84. The molecule has 3 heteroatoms. The maximum atomic E-state index is 6.18. The molecule has 1 fully saturated rings. The minimum absolute atomic E-state index is 0.110. The van der Waals surface area contributed by atoms with Crippen molar-refractivity contribution in [3.8, 4) is 0 Å². The molecule has 2 rings (SSSR count).